The van der Waals surface area contributed by atoms with E-state index in [0.717, 1.165) is 18.4 Å². The number of hydrogen-bond donors (Lipinski definition) is 2. The van der Waals surface area contributed by atoms with E-state index in [1.54, 1.807) is 12.1 Å². The lowest BCUT2D eigenvalue weighted by molar-refractivity contribution is -0.122. The summed E-state index contributed by atoms with van der Waals surface area (Å²) in [4.78, 5) is 11.1. The lowest BCUT2D eigenvalue weighted by Crippen LogP contribution is -2.24. The third-order valence-corrected chi connectivity index (χ3v) is 2.46. The van der Waals surface area contributed by atoms with Gasteiger partial charge in [0.05, 0.1) is 0 Å². The first-order chi connectivity index (χ1) is 7.13. The summed E-state index contributed by atoms with van der Waals surface area (Å²) in [7, 11) is 0. The third-order valence-electron chi connectivity index (χ3n) is 2.46. The van der Waals surface area contributed by atoms with Crippen molar-refractivity contribution >= 4 is 5.91 Å². The van der Waals surface area contributed by atoms with Gasteiger partial charge in [0, 0.05) is 7.34 Å². The zero-order valence-electron chi connectivity index (χ0n) is 8.94. The van der Waals surface area contributed by atoms with Gasteiger partial charge < -0.3 is 10.8 Å². The molecule has 3 nitrogen and oxygen atoms in total. The first kappa shape index (κ1) is 11.6. The van der Waals surface area contributed by atoms with Crippen LogP contribution in [-0.4, -0.2) is 11.0 Å². The smallest absolute Gasteiger partial charge is 0.220 e. The molecular formula is C12H19NO2. The predicted molar refractivity (Wildman–Crippen MR) is 61.5 cm³/mol. The summed E-state index contributed by atoms with van der Waals surface area (Å²) in [5, 5.41) is 9.11. The minimum absolute atomic E-state index is 0. The molecule has 1 amide bonds. The summed E-state index contributed by atoms with van der Waals surface area (Å²) in [5.74, 6) is -0.102. The number of carbonyl (C=O) groups excluding carboxylic acids is 1. The molecule has 0 bridgehead atoms. The van der Waals surface area contributed by atoms with Gasteiger partial charge in [0.2, 0.25) is 5.91 Å². The molecule has 1 rings (SSSR count). The SMILES string of the molecule is CCC[C@@H](Cc1ccc(O)cc1)C(N)=O.[HH]. The van der Waals surface area contributed by atoms with Crippen molar-refractivity contribution in [1.29, 1.82) is 0 Å². The highest BCUT2D eigenvalue weighted by molar-refractivity contribution is 5.76. The lowest BCUT2D eigenvalue weighted by atomic mass is 9.94. The van der Waals surface area contributed by atoms with Gasteiger partial charge in [0.15, 0.2) is 0 Å². The molecule has 1 atom stereocenters. The quantitative estimate of drug-likeness (QED) is 0.779. The van der Waals surface area contributed by atoms with Crippen LogP contribution in [0.25, 0.3) is 0 Å². The van der Waals surface area contributed by atoms with E-state index in [-0.39, 0.29) is 19.0 Å². The highest BCUT2D eigenvalue weighted by Gasteiger charge is 2.14. The summed E-state index contributed by atoms with van der Waals surface area (Å²) in [6, 6.07) is 6.89. The van der Waals surface area contributed by atoms with E-state index in [9.17, 15) is 4.79 Å². The summed E-state index contributed by atoms with van der Waals surface area (Å²) in [5.41, 5.74) is 6.34. The molecule has 1 aromatic carbocycles. The number of amides is 1. The van der Waals surface area contributed by atoms with Gasteiger partial charge >= 0.3 is 0 Å². The van der Waals surface area contributed by atoms with Crippen molar-refractivity contribution in [3.05, 3.63) is 29.8 Å². The van der Waals surface area contributed by atoms with E-state index < -0.39 is 0 Å². The molecule has 0 aliphatic carbocycles. The minimum Gasteiger partial charge on any atom is -0.508 e. The van der Waals surface area contributed by atoms with E-state index in [4.69, 9.17) is 10.8 Å². The van der Waals surface area contributed by atoms with Crippen LogP contribution in [0, 0.1) is 5.92 Å². The molecular weight excluding hydrogens is 190 g/mol. The maximum Gasteiger partial charge on any atom is 0.220 e. The van der Waals surface area contributed by atoms with Crippen LogP contribution < -0.4 is 5.73 Å². The Morgan fingerprint density at radius 3 is 2.53 bits per heavy atom. The number of nitrogens with two attached hydrogens (primary N) is 1. The Bertz CT molecular complexity index is 324. The number of phenolic OH excluding ortho intramolecular Hbond substituents is 1. The summed E-state index contributed by atoms with van der Waals surface area (Å²) in [6.07, 6.45) is 2.42. The largest absolute Gasteiger partial charge is 0.508 e. The Morgan fingerprint density at radius 1 is 1.47 bits per heavy atom. The maximum absolute atomic E-state index is 11.1. The fraction of sp³-hybridized carbons (Fsp3) is 0.417. The van der Waals surface area contributed by atoms with Crippen LogP contribution in [0.15, 0.2) is 24.3 Å². The normalized spacial score (nSPS) is 12.3. The number of primary amides is 1. The van der Waals surface area contributed by atoms with Crippen LogP contribution in [-0.2, 0) is 11.2 Å². The fourth-order valence-electron chi connectivity index (χ4n) is 1.61. The Hall–Kier alpha value is -1.51. The van der Waals surface area contributed by atoms with Crippen LogP contribution in [0.4, 0.5) is 0 Å². The second-order valence-corrected chi connectivity index (χ2v) is 3.76. The van der Waals surface area contributed by atoms with Crippen LogP contribution in [0.1, 0.15) is 26.8 Å². The summed E-state index contributed by atoms with van der Waals surface area (Å²) >= 11 is 0. The first-order valence-electron chi connectivity index (χ1n) is 5.20. The van der Waals surface area contributed by atoms with E-state index >= 15 is 0 Å². The van der Waals surface area contributed by atoms with Gasteiger partial charge in [-0.05, 0) is 30.5 Å². The molecule has 0 heterocycles. The topological polar surface area (TPSA) is 63.3 Å². The molecule has 0 saturated carbocycles. The van der Waals surface area contributed by atoms with Gasteiger partial charge in [-0.2, -0.15) is 0 Å². The Morgan fingerprint density at radius 2 is 2.07 bits per heavy atom. The van der Waals surface area contributed by atoms with Crippen molar-refractivity contribution in [2.24, 2.45) is 11.7 Å². The van der Waals surface area contributed by atoms with E-state index in [2.05, 4.69) is 0 Å². The Labute approximate surface area is 91.4 Å². The number of hydrogen-bond acceptors (Lipinski definition) is 2. The molecule has 84 valence electrons. The van der Waals surface area contributed by atoms with Gasteiger partial charge in [-0.3, -0.25) is 4.79 Å². The number of rotatable bonds is 5. The molecule has 0 aliphatic rings. The van der Waals surface area contributed by atoms with Gasteiger partial charge in [0.25, 0.3) is 0 Å². The van der Waals surface area contributed by atoms with Crippen molar-refractivity contribution in [3.8, 4) is 5.75 Å². The van der Waals surface area contributed by atoms with Crippen LogP contribution in [0.5, 0.6) is 5.75 Å². The standard InChI is InChI=1S/C12H17NO2.H2/c1-2-3-10(12(13)15)8-9-4-6-11(14)7-5-9;/h4-7,10,14H,2-3,8H2,1H3,(H2,13,15);1H/t10-;/m0./s1. The van der Waals surface area contributed by atoms with Gasteiger partial charge in [-0.25, -0.2) is 0 Å². The number of carbonyl (C=O) groups is 1. The molecule has 3 heteroatoms. The molecule has 0 aliphatic heterocycles. The van der Waals surface area contributed by atoms with Crippen molar-refractivity contribution in [3.63, 3.8) is 0 Å². The second-order valence-electron chi connectivity index (χ2n) is 3.76. The number of benzene rings is 1. The minimum atomic E-state index is -0.245. The molecule has 15 heavy (non-hydrogen) atoms. The van der Waals surface area contributed by atoms with E-state index in [1.807, 2.05) is 19.1 Å². The average molecular weight is 209 g/mol. The highest BCUT2D eigenvalue weighted by Crippen LogP contribution is 2.16. The number of phenols is 1. The van der Waals surface area contributed by atoms with E-state index in [1.165, 1.54) is 0 Å². The molecule has 0 saturated heterocycles. The Balaban J connectivity index is 0.00000225. The molecule has 3 N–H and O–H groups in total. The van der Waals surface area contributed by atoms with Crippen LogP contribution >= 0.6 is 0 Å². The summed E-state index contributed by atoms with van der Waals surface area (Å²) in [6.45, 7) is 2.03. The molecule has 0 radical (unpaired) electrons. The summed E-state index contributed by atoms with van der Waals surface area (Å²) < 4.78 is 0. The molecule has 0 aromatic heterocycles. The zero-order chi connectivity index (χ0) is 11.3. The number of aromatic hydroxyl groups is 1. The fourth-order valence-corrected chi connectivity index (χ4v) is 1.61. The van der Waals surface area contributed by atoms with Crippen LogP contribution in [0.3, 0.4) is 0 Å². The Kier molecular flexibility index (Phi) is 4.16. The molecule has 1 aromatic rings. The second kappa shape index (κ2) is 5.39. The highest BCUT2D eigenvalue weighted by atomic mass is 16.3. The van der Waals surface area contributed by atoms with Crippen LogP contribution in [0.2, 0.25) is 0 Å². The first-order valence-corrected chi connectivity index (χ1v) is 5.20. The maximum atomic E-state index is 11.1. The average Bonchev–Trinajstić information content (AvgIpc) is 2.20. The van der Waals surface area contributed by atoms with Crippen molar-refractivity contribution < 1.29 is 11.3 Å². The van der Waals surface area contributed by atoms with Gasteiger partial charge in [0.1, 0.15) is 5.75 Å². The van der Waals surface area contributed by atoms with Gasteiger partial charge in [-0.15, -0.1) is 0 Å². The lowest BCUT2D eigenvalue weighted by Gasteiger charge is -2.11. The predicted octanol–water partition coefficient (Wildman–Crippen LogP) is 2.08. The van der Waals surface area contributed by atoms with E-state index in [0.29, 0.717) is 6.42 Å². The van der Waals surface area contributed by atoms with Crippen molar-refractivity contribution in [2.75, 3.05) is 0 Å². The molecule has 0 unspecified atom stereocenters. The third kappa shape index (κ3) is 3.62. The van der Waals surface area contributed by atoms with Crippen molar-refractivity contribution in [1.82, 2.24) is 0 Å². The molecule has 0 fully saturated rings. The monoisotopic (exact) mass is 209 g/mol. The molecule has 0 spiro atoms. The van der Waals surface area contributed by atoms with Gasteiger partial charge in [-0.1, -0.05) is 25.5 Å². The van der Waals surface area contributed by atoms with Crippen molar-refractivity contribution in [2.45, 2.75) is 26.2 Å². The zero-order valence-corrected chi connectivity index (χ0v) is 8.94.